The number of aromatic nitrogens is 1. The summed E-state index contributed by atoms with van der Waals surface area (Å²) in [5.74, 6) is -0.326. The number of hydrogen-bond donors (Lipinski definition) is 2. The maximum atomic E-state index is 11.3. The van der Waals surface area contributed by atoms with Crippen LogP contribution in [0.5, 0.6) is 0 Å². The number of carboxylic acids is 1. The lowest BCUT2D eigenvalue weighted by atomic mass is 10.2. The molecule has 0 radical (unpaired) electrons. The summed E-state index contributed by atoms with van der Waals surface area (Å²) in [7, 11) is 0. The summed E-state index contributed by atoms with van der Waals surface area (Å²) in [6.07, 6.45) is 1.53. The van der Waals surface area contributed by atoms with Crippen LogP contribution in [0.3, 0.4) is 0 Å². The second-order valence-electron chi connectivity index (χ2n) is 3.81. The molecule has 0 bridgehead atoms. The van der Waals surface area contributed by atoms with Crippen LogP contribution in [0, 0.1) is 6.92 Å². The molecule has 94 valence electrons. The third-order valence-electron chi connectivity index (χ3n) is 2.18. The summed E-state index contributed by atoms with van der Waals surface area (Å²) in [6, 6.07) is 1.75. The first kappa shape index (κ1) is 13.2. The van der Waals surface area contributed by atoms with Gasteiger partial charge in [-0.1, -0.05) is 5.16 Å². The van der Waals surface area contributed by atoms with Gasteiger partial charge in [0, 0.05) is 18.9 Å². The average molecular weight is 240 g/mol. The first-order valence-electron chi connectivity index (χ1n) is 5.48. The number of aliphatic carboxylic acids is 1. The lowest BCUT2D eigenvalue weighted by molar-refractivity contribution is -0.137. The summed E-state index contributed by atoms with van der Waals surface area (Å²) >= 11 is 0. The molecule has 0 unspecified atom stereocenters. The van der Waals surface area contributed by atoms with Crippen molar-refractivity contribution in [2.75, 3.05) is 0 Å². The van der Waals surface area contributed by atoms with E-state index in [0.717, 1.165) is 5.69 Å². The number of carboxylic acid groups (broad SMARTS) is 1. The summed E-state index contributed by atoms with van der Waals surface area (Å²) in [6.45, 7) is 2.12. The van der Waals surface area contributed by atoms with Crippen molar-refractivity contribution in [1.82, 2.24) is 10.5 Å². The van der Waals surface area contributed by atoms with Gasteiger partial charge in [0.1, 0.15) is 0 Å². The Balaban J connectivity index is 2.11. The van der Waals surface area contributed by atoms with E-state index in [2.05, 4.69) is 10.5 Å². The van der Waals surface area contributed by atoms with Crippen molar-refractivity contribution in [3.8, 4) is 0 Å². The Hall–Kier alpha value is -1.85. The van der Waals surface area contributed by atoms with Crippen LogP contribution >= 0.6 is 0 Å². The quantitative estimate of drug-likeness (QED) is 0.699. The summed E-state index contributed by atoms with van der Waals surface area (Å²) in [5, 5.41) is 14.8. The minimum atomic E-state index is -0.831. The van der Waals surface area contributed by atoms with E-state index in [1.807, 2.05) is 0 Å². The van der Waals surface area contributed by atoms with Crippen molar-refractivity contribution in [2.45, 2.75) is 39.2 Å². The lowest BCUT2D eigenvalue weighted by Crippen LogP contribution is -2.22. The van der Waals surface area contributed by atoms with Crippen LogP contribution < -0.4 is 5.32 Å². The van der Waals surface area contributed by atoms with Crippen LogP contribution in [0.2, 0.25) is 0 Å². The number of hydrogen-bond acceptors (Lipinski definition) is 4. The van der Waals surface area contributed by atoms with E-state index in [9.17, 15) is 9.59 Å². The van der Waals surface area contributed by atoms with Gasteiger partial charge in [-0.3, -0.25) is 9.59 Å². The molecule has 1 amide bonds. The minimum Gasteiger partial charge on any atom is -0.481 e. The number of nitrogens with one attached hydrogen (secondary N) is 1. The van der Waals surface area contributed by atoms with Gasteiger partial charge in [0.15, 0.2) is 5.76 Å². The Bertz CT molecular complexity index is 387. The third-order valence-corrected chi connectivity index (χ3v) is 2.18. The zero-order valence-corrected chi connectivity index (χ0v) is 9.73. The van der Waals surface area contributed by atoms with Crippen LogP contribution in [-0.4, -0.2) is 22.1 Å². The number of carbonyl (C=O) groups excluding carboxylic acids is 1. The van der Waals surface area contributed by atoms with Gasteiger partial charge < -0.3 is 14.9 Å². The molecule has 1 aromatic rings. The highest BCUT2D eigenvalue weighted by atomic mass is 16.5. The maximum absolute atomic E-state index is 11.3. The molecule has 0 aromatic carbocycles. The Labute approximate surface area is 99.0 Å². The Morgan fingerprint density at radius 1 is 1.41 bits per heavy atom. The zero-order valence-electron chi connectivity index (χ0n) is 9.73. The van der Waals surface area contributed by atoms with Crippen molar-refractivity contribution in [1.29, 1.82) is 0 Å². The molecule has 2 N–H and O–H groups in total. The SMILES string of the molecule is Cc1cc(CNC(=O)CCCCC(=O)O)on1. The van der Waals surface area contributed by atoms with Crippen molar-refractivity contribution >= 4 is 11.9 Å². The monoisotopic (exact) mass is 240 g/mol. The zero-order chi connectivity index (χ0) is 12.7. The fourth-order valence-corrected chi connectivity index (χ4v) is 1.34. The highest BCUT2D eigenvalue weighted by molar-refractivity contribution is 5.75. The molecular weight excluding hydrogens is 224 g/mol. The van der Waals surface area contributed by atoms with Crippen LogP contribution in [0.4, 0.5) is 0 Å². The van der Waals surface area contributed by atoms with Crippen LogP contribution in [-0.2, 0) is 16.1 Å². The fourth-order valence-electron chi connectivity index (χ4n) is 1.34. The summed E-state index contributed by atoms with van der Waals surface area (Å²) in [4.78, 5) is 21.6. The Kier molecular flexibility index (Phi) is 5.19. The van der Waals surface area contributed by atoms with E-state index in [1.54, 1.807) is 13.0 Å². The molecule has 0 aliphatic heterocycles. The highest BCUT2D eigenvalue weighted by Gasteiger charge is 2.05. The predicted octanol–water partition coefficient (Wildman–Crippen LogP) is 1.24. The lowest BCUT2D eigenvalue weighted by Gasteiger charge is -2.01. The van der Waals surface area contributed by atoms with Gasteiger partial charge in [0.05, 0.1) is 12.2 Å². The summed E-state index contributed by atoms with van der Waals surface area (Å²) < 4.78 is 4.93. The minimum absolute atomic E-state index is 0.106. The number of rotatable bonds is 7. The second kappa shape index (κ2) is 6.67. The van der Waals surface area contributed by atoms with Crippen molar-refractivity contribution in [3.05, 3.63) is 17.5 Å². The molecule has 17 heavy (non-hydrogen) atoms. The van der Waals surface area contributed by atoms with Gasteiger partial charge in [-0.2, -0.15) is 0 Å². The number of amides is 1. The fraction of sp³-hybridized carbons (Fsp3) is 0.545. The molecule has 1 aromatic heterocycles. The molecule has 0 saturated carbocycles. The van der Waals surface area contributed by atoms with Crippen LogP contribution in [0.25, 0.3) is 0 Å². The number of aryl methyl sites for hydroxylation is 1. The Morgan fingerprint density at radius 3 is 2.71 bits per heavy atom. The average Bonchev–Trinajstić information content (AvgIpc) is 2.67. The van der Waals surface area contributed by atoms with Crippen LogP contribution in [0.15, 0.2) is 10.6 Å². The molecular formula is C11H16N2O4. The second-order valence-corrected chi connectivity index (χ2v) is 3.81. The van der Waals surface area contributed by atoms with Gasteiger partial charge in [-0.15, -0.1) is 0 Å². The molecule has 1 rings (SSSR count). The first-order chi connectivity index (χ1) is 8.08. The molecule has 6 nitrogen and oxygen atoms in total. The van der Waals surface area contributed by atoms with Crippen molar-refractivity contribution in [3.63, 3.8) is 0 Å². The van der Waals surface area contributed by atoms with Gasteiger partial charge in [0.25, 0.3) is 0 Å². The Morgan fingerprint density at radius 2 is 2.12 bits per heavy atom. The summed E-state index contributed by atoms with van der Waals surface area (Å²) in [5.41, 5.74) is 0.774. The van der Waals surface area contributed by atoms with E-state index in [1.165, 1.54) is 0 Å². The normalized spacial score (nSPS) is 10.2. The smallest absolute Gasteiger partial charge is 0.303 e. The van der Waals surface area contributed by atoms with Gasteiger partial charge in [-0.05, 0) is 19.8 Å². The van der Waals surface area contributed by atoms with E-state index >= 15 is 0 Å². The van der Waals surface area contributed by atoms with E-state index < -0.39 is 5.97 Å². The van der Waals surface area contributed by atoms with Crippen LogP contribution in [0.1, 0.15) is 37.1 Å². The van der Waals surface area contributed by atoms with Crippen molar-refractivity contribution in [2.24, 2.45) is 0 Å². The maximum Gasteiger partial charge on any atom is 0.303 e. The largest absolute Gasteiger partial charge is 0.481 e. The molecule has 0 aliphatic carbocycles. The molecule has 6 heteroatoms. The molecule has 0 atom stereocenters. The number of unbranched alkanes of at least 4 members (excludes halogenated alkanes) is 1. The molecule has 1 heterocycles. The molecule has 0 saturated heterocycles. The van der Waals surface area contributed by atoms with E-state index in [4.69, 9.17) is 9.63 Å². The third kappa shape index (κ3) is 5.70. The number of nitrogens with zero attached hydrogens (tertiary/aromatic N) is 1. The molecule has 0 aliphatic rings. The van der Waals surface area contributed by atoms with Gasteiger partial charge >= 0.3 is 5.97 Å². The predicted molar refractivity (Wildman–Crippen MR) is 59.2 cm³/mol. The topological polar surface area (TPSA) is 92.4 Å². The highest BCUT2D eigenvalue weighted by Crippen LogP contribution is 2.03. The van der Waals surface area contributed by atoms with E-state index in [0.29, 0.717) is 31.6 Å². The van der Waals surface area contributed by atoms with Crippen molar-refractivity contribution < 1.29 is 19.2 Å². The molecule has 0 spiro atoms. The van der Waals surface area contributed by atoms with Gasteiger partial charge in [-0.25, -0.2) is 0 Å². The number of carbonyl (C=O) groups is 2. The first-order valence-corrected chi connectivity index (χ1v) is 5.48. The molecule has 0 fully saturated rings. The van der Waals surface area contributed by atoms with Gasteiger partial charge in [0.2, 0.25) is 5.91 Å². The van der Waals surface area contributed by atoms with E-state index in [-0.39, 0.29) is 12.3 Å². The standard InChI is InChI=1S/C11H16N2O4/c1-8-6-9(17-13-8)7-12-10(14)4-2-3-5-11(15)16/h6H,2-5,7H2,1H3,(H,12,14)(H,15,16).